The van der Waals surface area contributed by atoms with Crippen LogP contribution < -0.4 is 26.6 Å². The number of rotatable bonds is 4. The highest BCUT2D eigenvalue weighted by Gasteiger charge is 2.51. The maximum atomic E-state index is 15.4. The molecule has 2 atom stereocenters. The lowest BCUT2D eigenvalue weighted by atomic mass is 9.98. The number of nitrogens with one attached hydrogen (secondary N) is 1. The van der Waals surface area contributed by atoms with Gasteiger partial charge in [-0.05, 0) is 26.7 Å². The number of nitrogens with zero attached hydrogens (tertiary/aromatic N) is 2. The molecule has 2 unspecified atom stereocenters. The first kappa shape index (κ1) is 19.8. The van der Waals surface area contributed by atoms with Crippen molar-refractivity contribution in [3.05, 3.63) is 32.2 Å². The molecule has 1 saturated heterocycles. The van der Waals surface area contributed by atoms with E-state index in [9.17, 15) is 18.4 Å². The number of aryl methyl sites for hydroxylation is 1. The second-order valence-corrected chi connectivity index (χ2v) is 8.01. The molecule has 158 valence electrons. The summed E-state index contributed by atoms with van der Waals surface area (Å²) in [6, 6.07) is -0.941. The number of ether oxygens (including phenoxy) is 1. The van der Waals surface area contributed by atoms with E-state index in [0.717, 1.165) is 12.8 Å². The summed E-state index contributed by atoms with van der Waals surface area (Å²) in [7, 11) is 1.27. The third-order valence-corrected chi connectivity index (χ3v) is 5.91. The average Bonchev–Trinajstić information content (AvgIpc) is 3.40. The number of aromatic amines is 1. The van der Waals surface area contributed by atoms with Crippen molar-refractivity contribution in [3.63, 3.8) is 0 Å². The molecule has 0 bridgehead atoms. The molecule has 1 aromatic carbocycles. The van der Waals surface area contributed by atoms with Gasteiger partial charge >= 0.3 is 5.69 Å². The number of hydrogen-bond acceptors (Lipinski definition) is 5. The molecule has 2 fully saturated rings. The van der Waals surface area contributed by atoms with Crippen molar-refractivity contribution in [2.75, 3.05) is 25.1 Å². The summed E-state index contributed by atoms with van der Waals surface area (Å²) >= 11 is 0. The Kier molecular flexibility index (Phi) is 4.45. The van der Waals surface area contributed by atoms with Gasteiger partial charge in [-0.25, -0.2) is 18.0 Å². The molecule has 0 radical (unpaired) electrons. The highest BCUT2D eigenvalue weighted by molar-refractivity contribution is 5.93. The first-order valence-electron chi connectivity index (χ1n) is 9.51. The molecule has 1 saturated carbocycles. The maximum Gasteiger partial charge on any atom is 0.329 e. The van der Waals surface area contributed by atoms with E-state index in [1.54, 1.807) is 0 Å². The van der Waals surface area contributed by atoms with Gasteiger partial charge in [0.2, 0.25) is 0 Å². The summed E-state index contributed by atoms with van der Waals surface area (Å²) in [5.74, 6) is -5.17. The van der Waals surface area contributed by atoms with Crippen LogP contribution in [0.3, 0.4) is 0 Å². The molecule has 4 rings (SSSR count). The fourth-order valence-electron chi connectivity index (χ4n) is 4.30. The van der Waals surface area contributed by atoms with Crippen LogP contribution in [0, 0.1) is 18.7 Å². The Morgan fingerprint density at radius 2 is 1.97 bits per heavy atom. The van der Waals surface area contributed by atoms with Gasteiger partial charge in [0.1, 0.15) is 11.2 Å². The molecule has 3 N–H and O–H groups in total. The topological polar surface area (TPSA) is 93.3 Å². The van der Waals surface area contributed by atoms with Crippen LogP contribution in [0.5, 0.6) is 5.75 Å². The molecular weight excluding hydrogens is 389 g/mol. The lowest BCUT2D eigenvalue weighted by Gasteiger charge is -2.25. The Hall–Kier alpha value is -2.49. The molecule has 2 heterocycles. The largest absolute Gasteiger partial charge is 0.492 e. The summed E-state index contributed by atoms with van der Waals surface area (Å²) < 4.78 is 51.3. The third-order valence-electron chi connectivity index (χ3n) is 5.91. The first-order valence-corrected chi connectivity index (χ1v) is 9.51. The Morgan fingerprint density at radius 3 is 2.48 bits per heavy atom. The van der Waals surface area contributed by atoms with Crippen LogP contribution in [0.25, 0.3) is 10.9 Å². The lowest BCUT2D eigenvalue weighted by Crippen LogP contribution is -2.39. The predicted octanol–water partition coefficient (Wildman–Crippen LogP) is 1.90. The van der Waals surface area contributed by atoms with Crippen molar-refractivity contribution in [2.45, 2.75) is 44.7 Å². The van der Waals surface area contributed by atoms with Gasteiger partial charge in [-0.15, -0.1) is 0 Å². The Balaban J connectivity index is 2.04. The zero-order chi connectivity index (χ0) is 21.2. The van der Waals surface area contributed by atoms with E-state index in [0.29, 0.717) is 0 Å². The van der Waals surface area contributed by atoms with Crippen LogP contribution in [0.15, 0.2) is 9.59 Å². The van der Waals surface area contributed by atoms with Gasteiger partial charge in [0, 0.05) is 24.2 Å². The van der Waals surface area contributed by atoms with Gasteiger partial charge in [-0.1, -0.05) is 0 Å². The molecule has 10 heteroatoms. The molecule has 2 aromatic rings. The first-order chi connectivity index (χ1) is 13.6. The van der Waals surface area contributed by atoms with Crippen LogP contribution in [0.2, 0.25) is 0 Å². The average molecular weight is 412 g/mol. The second-order valence-electron chi connectivity index (χ2n) is 8.01. The molecular formula is C19H23F3N4O3. The van der Waals surface area contributed by atoms with E-state index in [1.807, 2.05) is 0 Å². The quantitative estimate of drug-likeness (QED) is 0.800. The van der Waals surface area contributed by atoms with E-state index < -0.39 is 41.5 Å². The van der Waals surface area contributed by atoms with E-state index >= 15 is 4.39 Å². The SMILES string of the molecule is COc1c(N2CC(C(C)N)C(F)(F)C2)c(F)c(C)c2c(=O)[nH]c(=O)n(C3CC3)c12. The molecule has 2 aliphatic rings. The standard InChI is InChI=1S/C19H23F3N4O3/c1-8-12-14(26(10-4-5-10)18(28)24-17(12)27)16(29-3)15(13(8)20)25-6-11(9(2)23)19(21,22)7-25/h9-11H,4-7,23H2,1-3H3,(H,24,27,28). The van der Waals surface area contributed by atoms with Crippen molar-refractivity contribution in [2.24, 2.45) is 11.7 Å². The molecule has 1 aromatic heterocycles. The number of nitrogens with two attached hydrogens (primary N) is 1. The minimum absolute atomic E-state index is 0.00991. The van der Waals surface area contributed by atoms with Crippen LogP contribution in [-0.2, 0) is 0 Å². The third kappa shape index (κ3) is 2.92. The number of methoxy groups -OCH3 is 1. The summed E-state index contributed by atoms with van der Waals surface area (Å²) in [4.78, 5) is 28.4. The van der Waals surface area contributed by atoms with E-state index in [1.165, 1.54) is 30.4 Å². The van der Waals surface area contributed by atoms with Crippen molar-refractivity contribution in [1.82, 2.24) is 9.55 Å². The van der Waals surface area contributed by atoms with Crippen LogP contribution in [0.1, 0.15) is 31.4 Å². The monoisotopic (exact) mass is 412 g/mol. The Labute approximate surface area is 164 Å². The van der Waals surface area contributed by atoms with Gasteiger partial charge in [0.05, 0.1) is 25.0 Å². The van der Waals surface area contributed by atoms with Crippen LogP contribution in [-0.4, -0.2) is 41.7 Å². The van der Waals surface area contributed by atoms with Gasteiger partial charge in [0.15, 0.2) is 11.6 Å². The molecule has 1 aliphatic heterocycles. The van der Waals surface area contributed by atoms with E-state index in [4.69, 9.17) is 10.5 Å². The number of fused-ring (bicyclic) bond motifs is 1. The Bertz CT molecular complexity index is 1100. The van der Waals surface area contributed by atoms with Crippen LogP contribution in [0.4, 0.5) is 18.9 Å². The highest BCUT2D eigenvalue weighted by atomic mass is 19.3. The normalized spacial score (nSPS) is 22.3. The maximum absolute atomic E-state index is 15.4. The number of anilines is 1. The van der Waals surface area contributed by atoms with E-state index in [-0.39, 0.29) is 40.5 Å². The fourth-order valence-corrected chi connectivity index (χ4v) is 4.30. The summed E-state index contributed by atoms with van der Waals surface area (Å²) in [6.07, 6.45) is 1.45. The molecule has 29 heavy (non-hydrogen) atoms. The van der Waals surface area contributed by atoms with Gasteiger partial charge < -0.3 is 15.4 Å². The van der Waals surface area contributed by atoms with Crippen molar-refractivity contribution < 1.29 is 17.9 Å². The van der Waals surface area contributed by atoms with E-state index in [2.05, 4.69) is 4.98 Å². The van der Waals surface area contributed by atoms with Gasteiger partial charge in [-0.2, -0.15) is 0 Å². The number of benzene rings is 1. The molecule has 1 aliphatic carbocycles. The van der Waals surface area contributed by atoms with Gasteiger partial charge in [0.25, 0.3) is 11.5 Å². The summed E-state index contributed by atoms with van der Waals surface area (Å²) in [6.45, 7) is 1.99. The minimum Gasteiger partial charge on any atom is -0.492 e. The summed E-state index contributed by atoms with van der Waals surface area (Å²) in [5.41, 5.74) is 4.34. The number of halogens is 3. The molecule has 7 nitrogen and oxygen atoms in total. The number of alkyl halides is 2. The fraction of sp³-hybridized carbons (Fsp3) is 0.579. The van der Waals surface area contributed by atoms with Gasteiger partial charge in [-0.3, -0.25) is 14.3 Å². The highest BCUT2D eigenvalue weighted by Crippen LogP contribution is 2.47. The number of H-pyrrole nitrogens is 1. The zero-order valence-electron chi connectivity index (χ0n) is 16.4. The number of aromatic nitrogens is 2. The number of hydrogen-bond donors (Lipinski definition) is 2. The smallest absolute Gasteiger partial charge is 0.329 e. The second kappa shape index (κ2) is 6.51. The minimum atomic E-state index is -3.11. The van der Waals surface area contributed by atoms with Crippen molar-refractivity contribution >= 4 is 16.6 Å². The van der Waals surface area contributed by atoms with Crippen molar-refractivity contribution in [1.29, 1.82) is 0 Å². The molecule has 0 spiro atoms. The van der Waals surface area contributed by atoms with Crippen LogP contribution >= 0.6 is 0 Å². The summed E-state index contributed by atoms with van der Waals surface area (Å²) in [5, 5.41) is -0.00991. The molecule has 0 amide bonds. The zero-order valence-corrected chi connectivity index (χ0v) is 16.4. The Morgan fingerprint density at radius 1 is 1.31 bits per heavy atom. The van der Waals surface area contributed by atoms with Crippen molar-refractivity contribution in [3.8, 4) is 5.75 Å². The predicted molar refractivity (Wildman–Crippen MR) is 103 cm³/mol. The lowest BCUT2D eigenvalue weighted by molar-refractivity contribution is -0.0273.